The molecule has 0 amide bonds. The Morgan fingerprint density at radius 2 is 1.93 bits per heavy atom. The third kappa shape index (κ3) is 3.43. The zero-order valence-electron chi connectivity index (χ0n) is 15.5. The fraction of sp³-hybridized carbons (Fsp3) is 0.100. The van der Waals surface area contributed by atoms with Crippen LogP contribution in [0.1, 0.15) is 0 Å². The van der Waals surface area contributed by atoms with Gasteiger partial charge in [0.05, 0.1) is 41.9 Å². The molecule has 7 nitrogen and oxygen atoms in total. The summed E-state index contributed by atoms with van der Waals surface area (Å²) in [6, 6.07) is 11.7. The van der Waals surface area contributed by atoms with Crippen LogP contribution in [0.3, 0.4) is 0 Å². The molecule has 1 atom stereocenters. The molecule has 9 heteroatoms. The molecule has 0 N–H and O–H groups in total. The van der Waals surface area contributed by atoms with E-state index in [-0.39, 0.29) is 16.5 Å². The number of hydrogen-bond donors (Lipinski definition) is 0. The molecule has 0 saturated carbocycles. The highest BCUT2D eigenvalue weighted by Gasteiger charge is 2.18. The van der Waals surface area contributed by atoms with Crippen molar-refractivity contribution in [3.63, 3.8) is 0 Å². The first-order chi connectivity index (χ1) is 13.9. The van der Waals surface area contributed by atoms with Crippen LogP contribution in [0.15, 0.2) is 74.3 Å². The van der Waals surface area contributed by atoms with Crippen molar-refractivity contribution in [2.24, 2.45) is 7.05 Å². The number of nitro benzene ring substituents is 1. The number of non-ortho nitro benzene ring substituents is 1. The first kappa shape index (κ1) is 19.3. The molecule has 0 aliphatic carbocycles. The van der Waals surface area contributed by atoms with Crippen LogP contribution in [0, 0.1) is 10.1 Å². The summed E-state index contributed by atoms with van der Waals surface area (Å²) in [5.41, 5.74) is 0.892. The van der Waals surface area contributed by atoms with E-state index in [0.717, 1.165) is 10.9 Å². The highest BCUT2D eigenvalue weighted by atomic mass is 32.2. The lowest BCUT2D eigenvalue weighted by atomic mass is 10.2. The Balaban J connectivity index is 1.96. The van der Waals surface area contributed by atoms with E-state index in [1.54, 1.807) is 36.3 Å². The van der Waals surface area contributed by atoms with Gasteiger partial charge < -0.3 is 4.57 Å². The Hall–Kier alpha value is -3.04. The van der Waals surface area contributed by atoms with Crippen molar-refractivity contribution in [3.8, 4) is 0 Å². The van der Waals surface area contributed by atoms with E-state index in [1.165, 1.54) is 23.9 Å². The molecule has 0 spiro atoms. The molecule has 0 fully saturated rings. The van der Waals surface area contributed by atoms with Crippen molar-refractivity contribution >= 4 is 50.1 Å². The molecule has 0 radical (unpaired) electrons. The Morgan fingerprint density at radius 1 is 1.17 bits per heavy atom. The maximum absolute atomic E-state index is 13.1. The molecule has 29 heavy (non-hydrogen) atoms. The molecule has 146 valence electrons. The number of aryl methyl sites for hydroxylation is 1. The van der Waals surface area contributed by atoms with E-state index in [4.69, 9.17) is 0 Å². The SMILES string of the molecule is Cn1cc(Sc2c(S(C)=O)cnc3ccccc23)c(=O)c2cc([N+](=O)[O-])ccc21. The number of pyridine rings is 2. The Kier molecular flexibility index (Phi) is 4.93. The van der Waals surface area contributed by atoms with Crippen molar-refractivity contribution < 1.29 is 9.13 Å². The molecular weight excluding hydrogens is 410 g/mol. The van der Waals surface area contributed by atoms with E-state index >= 15 is 0 Å². The maximum atomic E-state index is 13.1. The summed E-state index contributed by atoms with van der Waals surface area (Å²) in [6.45, 7) is 0. The lowest BCUT2D eigenvalue weighted by molar-refractivity contribution is -0.384. The average Bonchev–Trinajstić information content (AvgIpc) is 2.71. The van der Waals surface area contributed by atoms with Crippen molar-refractivity contribution in [3.05, 3.63) is 75.2 Å². The van der Waals surface area contributed by atoms with Crippen molar-refractivity contribution in [1.82, 2.24) is 9.55 Å². The smallest absolute Gasteiger partial charge is 0.270 e. The molecule has 2 heterocycles. The standard InChI is InChI=1S/C20H15N3O4S2/c1-22-11-17(19(24)14-9-12(23(25)26)7-8-16(14)22)28-20-13-5-3-4-6-15(13)21-10-18(20)29(2)27/h3-11H,1-2H3. The Bertz CT molecular complexity index is 1380. The molecule has 0 bridgehead atoms. The highest BCUT2D eigenvalue weighted by Crippen LogP contribution is 2.36. The Morgan fingerprint density at radius 3 is 2.66 bits per heavy atom. The number of nitro groups is 1. The summed E-state index contributed by atoms with van der Waals surface area (Å²) in [6.07, 6.45) is 4.83. The van der Waals surface area contributed by atoms with Crippen LogP contribution in [0.2, 0.25) is 0 Å². The van der Waals surface area contributed by atoms with Gasteiger partial charge in [-0.15, -0.1) is 0 Å². The van der Waals surface area contributed by atoms with Crippen molar-refractivity contribution in [2.45, 2.75) is 14.7 Å². The van der Waals surface area contributed by atoms with Gasteiger partial charge in [-0.25, -0.2) is 0 Å². The Labute approximate surface area is 172 Å². The van der Waals surface area contributed by atoms with E-state index in [9.17, 15) is 19.1 Å². The minimum absolute atomic E-state index is 0.138. The van der Waals surface area contributed by atoms with Gasteiger partial charge in [0.2, 0.25) is 5.43 Å². The number of rotatable bonds is 4. The third-order valence-corrected chi connectivity index (χ3v) is 6.78. The number of nitrogens with zero attached hydrogens (tertiary/aromatic N) is 3. The van der Waals surface area contributed by atoms with Gasteiger partial charge in [-0.1, -0.05) is 30.0 Å². The molecule has 0 aliphatic rings. The minimum atomic E-state index is -1.30. The predicted octanol–water partition coefficient (Wildman–Crippen LogP) is 3.88. The van der Waals surface area contributed by atoms with Crippen LogP contribution >= 0.6 is 11.8 Å². The number of para-hydroxylation sites is 1. The van der Waals surface area contributed by atoms with Crippen LogP contribution in [-0.4, -0.2) is 24.9 Å². The van der Waals surface area contributed by atoms with Crippen LogP contribution in [0.5, 0.6) is 0 Å². The number of fused-ring (bicyclic) bond motifs is 2. The summed E-state index contributed by atoms with van der Waals surface area (Å²) >= 11 is 1.21. The fourth-order valence-corrected chi connectivity index (χ4v) is 5.27. The van der Waals surface area contributed by atoms with E-state index in [2.05, 4.69) is 4.98 Å². The van der Waals surface area contributed by atoms with Gasteiger partial charge in [-0.2, -0.15) is 0 Å². The predicted molar refractivity (Wildman–Crippen MR) is 114 cm³/mol. The minimum Gasteiger partial charge on any atom is -0.349 e. The molecule has 1 unspecified atom stereocenters. The summed E-state index contributed by atoms with van der Waals surface area (Å²) in [5.74, 6) is 0. The third-order valence-electron chi connectivity index (χ3n) is 4.57. The quantitative estimate of drug-likeness (QED) is 0.364. The van der Waals surface area contributed by atoms with Crippen molar-refractivity contribution in [1.29, 1.82) is 0 Å². The fourth-order valence-electron chi connectivity index (χ4n) is 3.15. The van der Waals surface area contributed by atoms with Crippen LogP contribution < -0.4 is 5.43 Å². The lowest BCUT2D eigenvalue weighted by Crippen LogP contribution is -2.10. The van der Waals surface area contributed by atoms with Gasteiger partial charge in [0.25, 0.3) is 5.69 Å². The first-order valence-corrected chi connectivity index (χ1v) is 10.9. The second-order valence-electron chi connectivity index (χ2n) is 6.42. The summed E-state index contributed by atoms with van der Waals surface area (Å²) < 4.78 is 14.0. The van der Waals surface area contributed by atoms with E-state index in [1.807, 2.05) is 24.3 Å². The second-order valence-corrected chi connectivity index (χ2v) is 8.82. The van der Waals surface area contributed by atoms with Crippen LogP contribution in [0.4, 0.5) is 5.69 Å². The number of hydrogen-bond acceptors (Lipinski definition) is 6. The molecule has 0 saturated heterocycles. The monoisotopic (exact) mass is 425 g/mol. The van der Waals surface area contributed by atoms with Gasteiger partial charge in [0.1, 0.15) is 0 Å². The average molecular weight is 425 g/mol. The molecule has 2 aromatic carbocycles. The molecule has 4 rings (SSSR count). The number of benzene rings is 2. The molecule has 2 aromatic heterocycles. The van der Waals surface area contributed by atoms with E-state index < -0.39 is 15.7 Å². The molecule has 0 aliphatic heterocycles. The topological polar surface area (TPSA) is 95.1 Å². The zero-order chi connectivity index (χ0) is 20.7. The normalized spacial score (nSPS) is 12.3. The largest absolute Gasteiger partial charge is 0.349 e. The maximum Gasteiger partial charge on any atom is 0.270 e. The number of aromatic nitrogens is 2. The van der Waals surface area contributed by atoms with Gasteiger partial charge in [0.15, 0.2) is 0 Å². The zero-order valence-corrected chi connectivity index (χ0v) is 17.1. The highest BCUT2D eigenvalue weighted by molar-refractivity contribution is 8.00. The lowest BCUT2D eigenvalue weighted by Gasteiger charge is -2.12. The first-order valence-electron chi connectivity index (χ1n) is 8.53. The van der Waals surface area contributed by atoms with Crippen LogP contribution in [0.25, 0.3) is 21.8 Å². The van der Waals surface area contributed by atoms with Gasteiger partial charge in [0, 0.05) is 48.1 Å². The summed E-state index contributed by atoms with van der Waals surface area (Å²) in [7, 11) is 0.478. The van der Waals surface area contributed by atoms with Crippen LogP contribution in [-0.2, 0) is 17.8 Å². The molecule has 4 aromatic rings. The van der Waals surface area contributed by atoms with Gasteiger partial charge in [-0.05, 0) is 12.1 Å². The van der Waals surface area contributed by atoms with Gasteiger partial charge >= 0.3 is 0 Å². The van der Waals surface area contributed by atoms with Crippen molar-refractivity contribution in [2.75, 3.05) is 6.26 Å². The summed E-state index contributed by atoms with van der Waals surface area (Å²) in [5, 5.41) is 12.2. The second kappa shape index (κ2) is 7.41. The van der Waals surface area contributed by atoms with E-state index in [0.29, 0.717) is 20.2 Å². The summed E-state index contributed by atoms with van der Waals surface area (Å²) in [4.78, 5) is 29.7. The van der Waals surface area contributed by atoms with Gasteiger partial charge in [-0.3, -0.25) is 24.1 Å². The molecular formula is C20H15N3O4S2.